The fourth-order valence-corrected chi connectivity index (χ4v) is 2.20. The lowest BCUT2D eigenvalue weighted by molar-refractivity contribution is 0.0532. The summed E-state index contributed by atoms with van der Waals surface area (Å²) in [6.07, 6.45) is 0. The van der Waals surface area contributed by atoms with Crippen molar-refractivity contribution in [3.05, 3.63) is 34.3 Å². The van der Waals surface area contributed by atoms with Crippen molar-refractivity contribution in [3.8, 4) is 10.6 Å². The number of nitrogens with zero attached hydrogens (tertiary/aromatic N) is 2. The van der Waals surface area contributed by atoms with Gasteiger partial charge in [-0.05, 0) is 31.2 Å². The summed E-state index contributed by atoms with van der Waals surface area (Å²) in [5, 5.41) is 8.04. The predicted molar refractivity (Wildman–Crippen MR) is 66.3 cm³/mol. The summed E-state index contributed by atoms with van der Waals surface area (Å²) in [6, 6.07) is 6.95. The number of rotatable bonds is 3. The van der Waals surface area contributed by atoms with E-state index in [4.69, 9.17) is 16.3 Å². The lowest BCUT2D eigenvalue weighted by atomic mass is 10.3. The molecule has 0 spiro atoms. The molecule has 0 N–H and O–H groups in total. The number of aromatic nitrogens is 2. The van der Waals surface area contributed by atoms with Crippen molar-refractivity contribution in [2.75, 3.05) is 6.61 Å². The molecule has 0 aromatic carbocycles. The molecule has 6 heteroatoms. The predicted octanol–water partition coefficient (Wildman–Crippen LogP) is 3.04. The van der Waals surface area contributed by atoms with E-state index in [1.165, 1.54) is 11.3 Å². The van der Waals surface area contributed by atoms with Crippen molar-refractivity contribution < 1.29 is 9.53 Å². The van der Waals surface area contributed by atoms with Crippen LogP contribution in [0.1, 0.15) is 16.6 Å². The third-order valence-corrected chi connectivity index (χ3v) is 3.26. The minimum atomic E-state index is -0.314. The third-order valence-electron chi connectivity index (χ3n) is 1.97. The maximum atomic E-state index is 11.5. The van der Waals surface area contributed by atoms with E-state index >= 15 is 0 Å². The molecule has 0 saturated heterocycles. The van der Waals surface area contributed by atoms with E-state index in [0.717, 1.165) is 4.88 Å². The summed E-state index contributed by atoms with van der Waals surface area (Å²) in [4.78, 5) is 12.9. The van der Waals surface area contributed by atoms with E-state index in [9.17, 15) is 4.79 Å². The minimum absolute atomic E-state index is 0.314. The van der Waals surface area contributed by atoms with Crippen molar-refractivity contribution in [2.45, 2.75) is 6.92 Å². The Morgan fingerprint density at radius 3 is 2.82 bits per heavy atom. The smallest absolute Gasteiger partial charge is 0.348 e. The summed E-state index contributed by atoms with van der Waals surface area (Å²) in [6.45, 7) is 2.14. The molecular weight excluding hydrogens is 260 g/mol. The van der Waals surface area contributed by atoms with Crippen LogP contribution in [0.5, 0.6) is 0 Å². The van der Waals surface area contributed by atoms with Gasteiger partial charge in [0.15, 0.2) is 5.15 Å². The monoisotopic (exact) mass is 268 g/mol. The summed E-state index contributed by atoms with van der Waals surface area (Å²) >= 11 is 6.97. The molecule has 0 fully saturated rings. The molecule has 17 heavy (non-hydrogen) atoms. The molecule has 0 atom stereocenters. The number of carbonyl (C=O) groups is 1. The zero-order valence-corrected chi connectivity index (χ0v) is 10.6. The average Bonchev–Trinajstić information content (AvgIpc) is 2.80. The van der Waals surface area contributed by atoms with Crippen LogP contribution in [0.3, 0.4) is 0 Å². The first-order valence-corrected chi connectivity index (χ1v) is 6.16. The molecule has 0 aliphatic carbocycles. The number of hydrogen-bond donors (Lipinski definition) is 0. The van der Waals surface area contributed by atoms with Gasteiger partial charge < -0.3 is 4.74 Å². The minimum Gasteiger partial charge on any atom is -0.462 e. The molecule has 4 nitrogen and oxygen atoms in total. The van der Waals surface area contributed by atoms with E-state index in [1.54, 1.807) is 25.1 Å². The molecule has 0 bridgehead atoms. The van der Waals surface area contributed by atoms with Crippen molar-refractivity contribution in [3.63, 3.8) is 0 Å². The van der Waals surface area contributed by atoms with Crippen molar-refractivity contribution in [1.29, 1.82) is 0 Å². The Balaban J connectivity index is 2.23. The van der Waals surface area contributed by atoms with Gasteiger partial charge in [0.05, 0.1) is 11.5 Å². The van der Waals surface area contributed by atoms with E-state index in [1.807, 2.05) is 6.07 Å². The van der Waals surface area contributed by atoms with Gasteiger partial charge in [-0.3, -0.25) is 0 Å². The molecule has 0 radical (unpaired) electrons. The zero-order valence-electron chi connectivity index (χ0n) is 9.01. The Morgan fingerprint density at radius 1 is 1.35 bits per heavy atom. The first kappa shape index (κ1) is 12.0. The standard InChI is InChI=1S/C11H9ClN2O2S/c1-2-16-11(15)9-5-4-8(17-9)7-3-6-10(12)14-13-7/h3-6H,2H2,1H3. The van der Waals surface area contributed by atoms with Crippen LogP contribution in [0.15, 0.2) is 24.3 Å². The second-order valence-electron chi connectivity index (χ2n) is 3.13. The summed E-state index contributed by atoms with van der Waals surface area (Å²) < 4.78 is 4.91. The Bertz CT molecular complexity index is 525. The number of ether oxygens (including phenoxy) is 1. The highest BCUT2D eigenvalue weighted by atomic mass is 35.5. The molecule has 0 amide bonds. The number of carbonyl (C=O) groups excluding carboxylic acids is 1. The fraction of sp³-hybridized carbons (Fsp3) is 0.182. The first-order chi connectivity index (χ1) is 8.20. The number of halogens is 1. The Hall–Kier alpha value is -1.46. The molecule has 2 heterocycles. The normalized spacial score (nSPS) is 10.2. The molecule has 2 aromatic heterocycles. The lowest BCUT2D eigenvalue weighted by Crippen LogP contribution is -2.01. The van der Waals surface area contributed by atoms with Gasteiger partial charge in [-0.15, -0.1) is 21.5 Å². The number of thiophene rings is 1. The molecule has 2 aromatic rings. The van der Waals surface area contributed by atoms with Crippen LogP contribution in [0.2, 0.25) is 5.15 Å². The van der Waals surface area contributed by atoms with Crippen LogP contribution < -0.4 is 0 Å². The second-order valence-corrected chi connectivity index (χ2v) is 4.60. The summed E-state index contributed by atoms with van der Waals surface area (Å²) in [7, 11) is 0. The highest BCUT2D eigenvalue weighted by Crippen LogP contribution is 2.27. The topological polar surface area (TPSA) is 52.1 Å². The van der Waals surface area contributed by atoms with Gasteiger partial charge >= 0.3 is 5.97 Å². The van der Waals surface area contributed by atoms with Gasteiger partial charge in [-0.1, -0.05) is 11.6 Å². The number of esters is 1. The van der Waals surface area contributed by atoms with Gasteiger partial charge in [0.25, 0.3) is 0 Å². The number of hydrogen-bond acceptors (Lipinski definition) is 5. The van der Waals surface area contributed by atoms with Crippen LogP contribution >= 0.6 is 22.9 Å². The van der Waals surface area contributed by atoms with Crippen LogP contribution in [0.25, 0.3) is 10.6 Å². The van der Waals surface area contributed by atoms with Crippen molar-refractivity contribution >= 4 is 28.9 Å². The van der Waals surface area contributed by atoms with Gasteiger partial charge in [0.1, 0.15) is 10.6 Å². The Labute approximate surface area is 107 Å². The van der Waals surface area contributed by atoms with Gasteiger partial charge in [-0.2, -0.15) is 0 Å². The summed E-state index contributed by atoms with van der Waals surface area (Å²) in [5.41, 5.74) is 0.690. The van der Waals surface area contributed by atoms with Crippen molar-refractivity contribution in [1.82, 2.24) is 10.2 Å². The molecule has 88 valence electrons. The van der Waals surface area contributed by atoms with Crippen molar-refractivity contribution in [2.24, 2.45) is 0 Å². The quantitative estimate of drug-likeness (QED) is 0.803. The van der Waals surface area contributed by atoms with Gasteiger partial charge in [0, 0.05) is 0 Å². The largest absolute Gasteiger partial charge is 0.462 e. The highest BCUT2D eigenvalue weighted by molar-refractivity contribution is 7.17. The van der Waals surface area contributed by atoms with Gasteiger partial charge in [-0.25, -0.2) is 4.79 Å². The Kier molecular flexibility index (Phi) is 3.71. The molecule has 0 saturated carbocycles. The molecular formula is C11H9ClN2O2S. The van der Waals surface area contributed by atoms with Crippen LogP contribution in [-0.2, 0) is 4.74 Å². The molecule has 0 aliphatic heterocycles. The molecule has 0 unspecified atom stereocenters. The van der Waals surface area contributed by atoms with Crippen LogP contribution in [0.4, 0.5) is 0 Å². The second kappa shape index (κ2) is 5.25. The average molecular weight is 269 g/mol. The Morgan fingerprint density at radius 2 is 2.18 bits per heavy atom. The summed E-state index contributed by atoms with van der Waals surface area (Å²) in [5.74, 6) is -0.314. The zero-order chi connectivity index (χ0) is 12.3. The molecule has 0 aliphatic rings. The van der Waals surface area contributed by atoms with E-state index < -0.39 is 0 Å². The third kappa shape index (κ3) is 2.81. The lowest BCUT2D eigenvalue weighted by Gasteiger charge is -1.97. The first-order valence-electron chi connectivity index (χ1n) is 4.97. The maximum Gasteiger partial charge on any atom is 0.348 e. The maximum absolute atomic E-state index is 11.5. The van der Waals surface area contributed by atoms with Crippen LogP contribution in [0, 0.1) is 0 Å². The highest BCUT2D eigenvalue weighted by Gasteiger charge is 2.11. The van der Waals surface area contributed by atoms with E-state index in [-0.39, 0.29) is 5.97 Å². The fourth-order valence-electron chi connectivity index (χ4n) is 1.23. The SMILES string of the molecule is CCOC(=O)c1ccc(-c2ccc(Cl)nn2)s1. The van der Waals surface area contributed by atoms with Crippen LogP contribution in [-0.4, -0.2) is 22.8 Å². The van der Waals surface area contributed by atoms with E-state index in [0.29, 0.717) is 22.3 Å². The molecule has 2 rings (SSSR count). The van der Waals surface area contributed by atoms with Gasteiger partial charge in [0.2, 0.25) is 0 Å². The van der Waals surface area contributed by atoms with E-state index in [2.05, 4.69) is 10.2 Å².